The van der Waals surface area contributed by atoms with Crippen molar-refractivity contribution < 1.29 is 9.59 Å². The summed E-state index contributed by atoms with van der Waals surface area (Å²) < 4.78 is 0. The zero-order chi connectivity index (χ0) is 19.5. The number of rotatable bonds is 2. The summed E-state index contributed by atoms with van der Waals surface area (Å²) in [5, 5.41) is 3.53. The molecule has 0 unspecified atom stereocenters. The van der Waals surface area contributed by atoms with Crippen LogP contribution in [-0.2, 0) is 4.79 Å². The largest absolute Gasteiger partial charge is 0.333 e. The molecule has 4 saturated carbocycles. The molecule has 6 fully saturated rings. The van der Waals surface area contributed by atoms with Crippen LogP contribution in [0.15, 0.2) is 0 Å². The van der Waals surface area contributed by atoms with Gasteiger partial charge in [-0.1, -0.05) is 13.8 Å². The number of nitrogens with zero attached hydrogens (tertiary/aromatic N) is 2. The van der Waals surface area contributed by atoms with E-state index >= 15 is 0 Å². The molecule has 6 rings (SSSR count). The van der Waals surface area contributed by atoms with Gasteiger partial charge in [-0.25, -0.2) is 4.79 Å². The van der Waals surface area contributed by atoms with E-state index in [2.05, 4.69) is 10.2 Å². The van der Waals surface area contributed by atoms with E-state index in [1.54, 1.807) is 0 Å². The Morgan fingerprint density at radius 1 is 0.964 bits per heavy atom. The lowest BCUT2D eigenvalue weighted by atomic mass is 9.53. The minimum absolute atomic E-state index is 0.0491. The number of piperidine rings is 1. The molecule has 1 spiro atoms. The van der Waals surface area contributed by atoms with Gasteiger partial charge in [0.1, 0.15) is 0 Å². The molecule has 6 aliphatic rings. The number of hydrogen-bond acceptors (Lipinski definition) is 3. The Morgan fingerprint density at radius 2 is 1.54 bits per heavy atom. The second-order valence-corrected chi connectivity index (χ2v) is 12.0. The first-order valence-corrected chi connectivity index (χ1v) is 12.4. The van der Waals surface area contributed by atoms with E-state index in [4.69, 9.17) is 0 Å². The number of carbonyl (C=O) groups excluding carboxylic acids is 2. The van der Waals surface area contributed by atoms with E-state index in [-0.39, 0.29) is 28.3 Å². The number of carbonyl (C=O) groups is 2. The van der Waals surface area contributed by atoms with Crippen molar-refractivity contribution in [3.63, 3.8) is 0 Å². The molecule has 6 heteroatoms. The predicted octanol–water partition coefficient (Wildman–Crippen LogP) is 3.69. The molecular weight excluding hydrogens is 370 g/mol. The van der Waals surface area contributed by atoms with Crippen LogP contribution in [0.5, 0.6) is 0 Å². The Hall–Kier alpha value is -0.910. The summed E-state index contributed by atoms with van der Waals surface area (Å²) >= 11 is 1.93. The van der Waals surface area contributed by atoms with Gasteiger partial charge in [-0.2, -0.15) is 0 Å². The van der Waals surface area contributed by atoms with Gasteiger partial charge in [0.15, 0.2) is 0 Å². The van der Waals surface area contributed by atoms with Crippen molar-refractivity contribution in [3.05, 3.63) is 0 Å². The molecule has 2 heterocycles. The number of urea groups is 1. The van der Waals surface area contributed by atoms with E-state index in [1.807, 2.05) is 30.5 Å². The van der Waals surface area contributed by atoms with Gasteiger partial charge in [-0.3, -0.25) is 4.79 Å². The first-order chi connectivity index (χ1) is 13.4. The highest BCUT2D eigenvalue weighted by molar-refractivity contribution is 8.00. The zero-order valence-corrected chi connectivity index (χ0v) is 18.2. The van der Waals surface area contributed by atoms with Crippen molar-refractivity contribution in [2.75, 3.05) is 25.4 Å². The molecule has 0 aromatic heterocycles. The number of likely N-dealkylation sites (tertiary alicyclic amines) is 1. The third kappa shape index (κ3) is 3.14. The standard InChI is InChI=1S/C22H35N3O2S/c1-15(2)19(26)25-7-8-28-22(25)3-5-24(6-4-22)20(27)23-21-12-16-9-17(13-21)11-18(10-16)14-21/h15-18H,3-14H2,1-2H3,(H,23,27). The van der Waals surface area contributed by atoms with Gasteiger partial charge in [0, 0.05) is 36.8 Å². The third-order valence-corrected chi connectivity index (χ3v) is 9.73. The highest BCUT2D eigenvalue weighted by Crippen LogP contribution is 2.55. The first-order valence-electron chi connectivity index (χ1n) is 11.4. The van der Waals surface area contributed by atoms with Crippen LogP contribution in [0.25, 0.3) is 0 Å². The van der Waals surface area contributed by atoms with Crippen molar-refractivity contribution >= 4 is 23.7 Å². The normalized spacial score (nSPS) is 38.5. The topological polar surface area (TPSA) is 52.7 Å². The van der Waals surface area contributed by atoms with E-state index in [0.717, 1.165) is 56.0 Å². The van der Waals surface area contributed by atoms with Crippen molar-refractivity contribution in [1.29, 1.82) is 0 Å². The highest BCUT2D eigenvalue weighted by Gasteiger charge is 2.52. The van der Waals surface area contributed by atoms with Crippen LogP contribution >= 0.6 is 11.8 Å². The van der Waals surface area contributed by atoms with E-state index in [9.17, 15) is 9.59 Å². The summed E-state index contributed by atoms with van der Waals surface area (Å²) in [6, 6.07) is 0.154. The fourth-order valence-corrected chi connectivity index (χ4v) is 8.74. The Morgan fingerprint density at radius 3 is 2.07 bits per heavy atom. The molecular formula is C22H35N3O2S. The molecule has 4 bridgehead atoms. The molecule has 0 aromatic carbocycles. The monoisotopic (exact) mass is 405 g/mol. The third-order valence-electron chi connectivity index (χ3n) is 8.18. The number of amides is 3. The maximum atomic E-state index is 13.1. The molecule has 3 amide bonds. The van der Waals surface area contributed by atoms with Gasteiger partial charge < -0.3 is 15.1 Å². The molecule has 156 valence electrons. The van der Waals surface area contributed by atoms with Crippen molar-refractivity contribution in [2.45, 2.75) is 75.6 Å². The lowest BCUT2D eigenvalue weighted by Crippen LogP contribution is -2.63. The zero-order valence-electron chi connectivity index (χ0n) is 17.4. The summed E-state index contributed by atoms with van der Waals surface area (Å²) in [7, 11) is 0. The maximum Gasteiger partial charge on any atom is 0.317 e. The average Bonchev–Trinajstić information content (AvgIpc) is 3.02. The fourth-order valence-electron chi connectivity index (χ4n) is 7.27. The Bertz CT molecular complexity index is 621. The molecule has 28 heavy (non-hydrogen) atoms. The minimum Gasteiger partial charge on any atom is -0.333 e. The fraction of sp³-hybridized carbons (Fsp3) is 0.909. The van der Waals surface area contributed by atoms with E-state index < -0.39 is 0 Å². The van der Waals surface area contributed by atoms with Crippen molar-refractivity contribution in [1.82, 2.24) is 15.1 Å². The molecule has 0 atom stereocenters. The van der Waals surface area contributed by atoms with Crippen molar-refractivity contribution in [3.8, 4) is 0 Å². The molecule has 0 radical (unpaired) electrons. The second-order valence-electron chi connectivity index (χ2n) is 10.6. The van der Waals surface area contributed by atoms with Gasteiger partial charge in [-0.15, -0.1) is 11.8 Å². The SMILES string of the molecule is CC(C)C(=O)N1CCSC12CCN(C(=O)NC13CC4CC(CC(C4)C1)C3)CC2. The predicted molar refractivity (Wildman–Crippen MR) is 112 cm³/mol. The average molecular weight is 406 g/mol. The van der Waals surface area contributed by atoms with Gasteiger partial charge in [0.2, 0.25) is 5.91 Å². The van der Waals surface area contributed by atoms with Gasteiger partial charge in [-0.05, 0) is 69.1 Å². The molecule has 0 aromatic rings. The Balaban J connectivity index is 1.21. The minimum atomic E-state index is -0.0706. The van der Waals surface area contributed by atoms with Crippen LogP contribution in [0.3, 0.4) is 0 Å². The van der Waals surface area contributed by atoms with Gasteiger partial charge in [0.05, 0.1) is 4.87 Å². The lowest BCUT2D eigenvalue weighted by molar-refractivity contribution is -0.137. The van der Waals surface area contributed by atoms with Crippen LogP contribution in [0, 0.1) is 23.7 Å². The van der Waals surface area contributed by atoms with Crippen LogP contribution in [0.2, 0.25) is 0 Å². The number of hydrogen-bond donors (Lipinski definition) is 1. The summed E-state index contributed by atoms with van der Waals surface area (Å²) in [6.07, 6.45) is 9.63. The van der Waals surface area contributed by atoms with Gasteiger partial charge in [0.25, 0.3) is 0 Å². The first kappa shape index (κ1) is 19.1. The van der Waals surface area contributed by atoms with Crippen LogP contribution in [0.1, 0.15) is 65.2 Å². The highest BCUT2D eigenvalue weighted by atomic mass is 32.2. The molecule has 1 N–H and O–H groups in total. The molecule has 4 aliphatic carbocycles. The Kier molecular flexibility index (Phi) is 4.64. The van der Waals surface area contributed by atoms with E-state index in [1.165, 1.54) is 38.5 Å². The lowest BCUT2D eigenvalue weighted by Gasteiger charge is -2.57. The second kappa shape index (κ2) is 6.82. The quantitative estimate of drug-likeness (QED) is 0.762. The summed E-state index contributed by atoms with van der Waals surface area (Å²) in [6.45, 7) is 6.39. The van der Waals surface area contributed by atoms with Crippen LogP contribution in [-0.4, -0.2) is 57.5 Å². The summed E-state index contributed by atoms with van der Waals surface area (Å²) in [5.74, 6) is 3.90. The van der Waals surface area contributed by atoms with Crippen LogP contribution < -0.4 is 5.32 Å². The molecule has 2 saturated heterocycles. The van der Waals surface area contributed by atoms with Crippen molar-refractivity contribution in [2.24, 2.45) is 23.7 Å². The smallest absolute Gasteiger partial charge is 0.317 e. The number of thioether (sulfide) groups is 1. The maximum absolute atomic E-state index is 13.1. The Labute approximate surface area is 173 Å². The summed E-state index contributed by atoms with van der Waals surface area (Å²) in [4.78, 5) is 29.9. The van der Waals surface area contributed by atoms with Crippen LogP contribution in [0.4, 0.5) is 4.79 Å². The number of nitrogens with one attached hydrogen (secondary N) is 1. The van der Waals surface area contributed by atoms with E-state index in [0.29, 0.717) is 0 Å². The van der Waals surface area contributed by atoms with Gasteiger partial charge >= 0.3 is 6.03 Å². The summed E-state index contributed by atoms with van der Waals surface area (Å²) in [5.41, 5.74) is 0.0860. The molecule has 2 aliphatic heterocycles. The molecule has 5 nitrogen and oxygen atoms in total.